The molecule has 0 radical (unpaired) electrons. The van der Waals surface area contributed by atoms with Crippen molar-refractivity contribution in [1.29, 1.82) is 0 Å². The molecular formula is C20H21ClN2O2. The van der Waals surface area contributed by atoms with Gasteiger partial charge in [0, 0.05) is 35.8 Å². The first-order chi connectivity index (χ1) is 12.0. The third kappa shape index (κ3) is 4.40. The van der Waals surface area contributed by atoms with Gasteiger partial charge >= 0.3 is 0 Å². The number of hydrogen-bond acceptors (Lipinski definition) is 2. The second kappa shape index (κ2) is 7.70. The van der Waals surface area contributed by atoms with Crippen LogP contribution in [-0.4, -0.2) is 18.4 Å². The first-order valence-corrected chi connectivity index (χ1v) is 8.86. The van der Waals surface area contributed by atoms with Crippen molar-refractivity contribution in [2.24, 2.45) is 0 Å². The van der Waals surface area contributed by atoms with Crippen molar-refractivity contribution < 1.29 is 9.59 Å². The Morgan fingerprint density at radius 3 is 2.60 bits per heavy atom. The molecule has 1 heterocycles. The highest BCUT2D eigenvalue weighted by molar-refractivity contribution is 6.31. The van der Waals surface area contributed by atoms with E-state index in [0.717, 1.165) is 40.5 Å². The second-order valence-corrected chi connectivity index (χ2v) is 6.73. The molecule has 2 aromatic carbocycles. The molecular weight excluding hydrogens is 336 g/mol. The molecule has 0 bridgehead atoms. The summed E-state index contributed by atoms with van der Waals surface area (Å²) in [5.41, 5.74) is 3.71. The summed E-state index contributed by atoms with van der Waals surface area (Å²) in [6.07, 6.45) is 2.56. The number of amides is 2. The van der Waals surface area contributed by atoms with E-state index in [9.17, 15) is 9.59 Å². The molecule has 2 aromatic rings. The van der Waals surface area contributed by atoms with Gasteiger partial charge in [-0.2, -0.15) is 0 Å². The van der Waals surface area contributed by atoms with Gasteiger partial charge in [-0.15, -0.1) is 0 Å². The molecule has 0 aliphatic carbocycles. The molecule has 0 spiro atoms. The van der Waals surface area contributed by atoms with Gasteiger partial charge in [-0.25, -0.2) is 0 Å². The van der Waals surface area contributed by atoms with Crippen molar-refractivity contribution in [3.05, 3.63) is 58.6 Å². The van der Waals surface area contributed by atoms with Gasteiger partial charge in [-0.3, -0.25) is 9.59 Å². The summed E-state index contributed by atoms with van der Waals surface area (Å²) in [6.45, 7) is 2.72. The fraction of sp³-hybridized carbons (Fsp3) is 0.300. The number of nitrogens with zero attached hydrogens (tertiary/aromatic N) is 1. The Labute approximate surface area is 152 Å². The average molecular weight is 357 g/mol. The van der Waals surface area contributed by atoms with Gasteiger partial charge in [-0.05, 0) is 61.2 Å². The molecule has 1 aliphatic rings. The number of benzene rings is 2. The van der Waals surface area contributed by atoms with E-state index in [0.29, 0.717) is 19.3 Å². The zero-order valence-corrected chi connectivity index (χ0v) is 15.0. The molecule has 1 fully saturated rings. The van der Waals surface area contributed by atoms with Crippen molar-refractivity contribution in [2.75, 3.05) is 16.8 Å². The van der Waals surface area contributed by atoms with Crippen molar-refractivity contribution in [3.63, 3.8) is 0 Å². The highest BCUT2D eigenvalue weighted by Crippen LogP contribution is 2.23. The quantitative estimate of drug-likeness (QED) is 0.866. The molecule has 4 nitrogen and oxygen atoms in total. The minimum absolute atomic E-state index is 0.0401. The molecule has 0 saturated carbocycles. The van der Waals surface area contributed by atoms with Gasteiger partial charge < -0.3 is 10.2 Å². The molecule has 3 rings (SSSR count). The van der Waals surface area contributed by atoms with Gasteiger partial charge in [0.05, 0.1) is 0 Å². The molecule has 0 aromatic heterocycles. The second-order valence-electron chi connectivity index (χ2n) is 6.33. The molecule has 5 heteroatoms. The maximum Gasteiger partial charge on any atom is 0.227 e. The number of hydrogen-bond donors (Lipinski definition) is 1. The third-order valence-electron chi connectivity index (χ3n) is 4.41. The number of nitrogens with one attached hydrogen (secondary N) is 1. The Balaban J connectivity index is 1.54. The summed E-state index contributed by atoms with van der Waals surface area (Å²) in [4.78, 5) is 25.7. The molecule has 1 saturated heterocycles. The molecule has 2 amide bonds. The normalized spacial score (nSPS) is 14.0. The van der Waals surface area contributed by atoms with Crippen LogP contribution in [0.3, 0.4) is 0 Å². The van der Waals surface area contributed by atoms with Crippen LogP contribution in [0.2, 0.25) is 5.02 Å². The Bertz CT molecular complexity index is 787. The number of carbonyl (C=O) groups excluding carboxylic acids is 2. The lowest BCUT2D eigenvalue weighted by molar-refractivity contribution is -0.117. The first kappa shape index (κ1) is 17.5. The molecule has 0 unspecified atom stereocenters. The summed E-state index contributed by atoms with van der Waals surface area (Å²) < 4.78 is 0. The van der Waals surface area contributed by atoms with E-state index in [1.54, 1.807) is 4.90 Å². The Morgan fingerprint density at radius 1 is 1.20 bits per heavy atom. The Hall–Kier alpha value is -2.33. The molecule has 0 atom stereocenters. The number of anilines is 2. The smallest absolute Gasteiger partial charge is 0.227 e. The van der Waals surface area contributed by atoms with Gasteiger partial charge in [0.1, 0.15) is 0 Å². The molecule has 1 aliphatic heterocycles. The maximum atomic E-state index is 12.1. The average Bonchev–Trinajstić information content (AvgIpc) is 3.03. The fourth-order valence-electron chi connectivity index (χ4n) is 2.92. The Kier molecular flexibility index (Phi) is 5.39. The van der Waals surface area contributed by atoms with Crippen molar-refractivity contribution >= 4 is 34.8 Å². The third-order valence-corrected chi connectivity index (χ3v) is 4.82. The lowest BCUT2D eigenvalue weighted by atomic mass is 10.1. The van der Waals surface area contributed by atoms with E-state index in [4.69, 9.17) is 11.6 Å². The lowest BCUT2D eigenvalue weighted by Crippen LogP contribution is -2.23. The topological polar surface area (TPSA) is 49.4 Å². The zero-order valence-electron chi connectivity index (χ0n) is 14.2. The molecule has 130 valence electrons. The van der Waals surface area contributed by atoms with Crippen LogP contribution in [-0.2, 0) is 16.0 Å². The number of rotatable bonds is 5. The standard InChI is InChI=1S/C20H21ClN2O2/c1-14-4-5-15(13-18(14)21)6-11-19(24)22-16-7-9-17(10-8-16)23-12-2-3-20(23)25/h4-5,7-10,13H,2-3,6,11-12H2,1H3,(H,22,24). The van der Waals surface area contributed by atoms with E-state index >= 15 is 0 Å². The highest BCUT2D eigenvalue weighted by atomic mass is 35.5. The van der Waals surface area contributed by atoms with Crippen LogP contribution in [0, 0.1) is 6.92 Å². The summed E-state index contributed by atoms with van der Waals surface area (Å²) in [5, 5.41) is 3.62. The minimum atomic E-state index is -0.0401. The fourth-order valence-corrected chi connectivity index (χ4v) is 3.12. The minimum Gasteiger partial charge on any atom is -0.326 e. The van der Waals surface area contributed by atoms with E-state index in [2.05, 4.69) is 5.32 Å². The largest absolute Gasteiger partial charge is 0.326 e. The summed E-state index contributed by atoms with van der Waals surface area (Å²) in [7, 11) is 0. The number of carbonyl (C=O) groups is 2. The van der Waals surface area contributed by atoms with Gasteiger partial charge in [-0.1, -0.05) is 23.7 Å². The van der Waals surface area contributed by atoms with Crippen molar-refractivity contribution in [2.45, 2.75) is 32.6 Å². The summed E-state index contributed by atoms with van der Waals surface area (Å²) in [6, 6.07) is 13.3. The van der Waals surface area contributed by atoms with Crippen LogP contribution < -0.4 is 10.2 Å². The van der Waals surface area contributed by atoms with Crippen LogP contribution in [0.15, 0.2) is 42.5 Å². The van der Waals surface area contributed by atoms with Crippen LogP contribution in [0.4, 0.5) is 11.4 Å². The Morgan fingerprint density at radius 2 is 1.96 bits per heavy atom. The van der Waals surface area contributed by atoms with Crippen molar-refractivity contribution in [1.82, 2.24) is 0 Å². The van der Waals surface area contributed by atoms with E-state index in [-0.39, 0.29) is 11.8 Å². The summed E-state index contributed by atoms with van der Waals surface area (Å²) in [5.74, 6) is 0.121. The first-order valence-electron chi connectivity index (χ1n) is 8.48. The van der Waals surface area contributed by atoms with Crippen LogP contribution in [0.1, 0.15) is 30.4 Å². The predicted octanol–water partition coefficient (Wildman–Crippen LogP) is 4.35. The van der Waals surface area contributed by atoms with Gasteiger partial charge in [0.2, 0.25) is 11.8 Å². The number of aryl methyl sites for hydroxylation is 2. The highest BCUT2D eigenvalue weighted by Gasteiger charge is 2.21. The molecule has 25 heavy (non-hydrogen) atoms. The molecule has 1 N–H and O–H groups in total. The maximum absolute atomic E-state index is 12.1. The SMILES string of the molecule is Cc1ccc(CCC(=O)Nc2ccc(N3CCCC3=O)cc2)cc1Cl. The number of halogens is 1. The zero-order chi connectivity index (χ0) is 17.8. The van der Waals surface area contributed by atoms with Gasteiger partial charge in [0.15, 0.2) is 0 Å². The predicted molar refractivity (Wildman–Crippen MR) is 101 cm³/mol. The van der Waals surface area contributed by atoms with E-state index in [1.807, 2.05) is 49.4 Å². The summed E-state index contributed by atoms with van der Waals surface area (Å²) >= 11 is 6.11. The van der Waals surface area contributed by atoms with Crippen molar-refractivity contribution in [3.8, 4) is 0 Å². The van der Waals surface area contributed by atoms with E-state index < -0.39 is 0 Å². The lowest BCUT2D eigenvalue weighted by Gasteiger charge is -2.16. The monoisotopic (exact) mass is 356 g/mol. The van der Waals surface area contributed by atoms with Crippen LogP contribution in [0.5, 0.6) is 0 Å². The van der Waals surface area contributed by atoms with Gasteiger partial charge in [0.25, 0.3) is 0 Å². The van der Waals surface area contributed by atoms with Crippen LogP contribution >= 0.6 is 11.6 Å². The van der Waals surface area contributed by atoms with Crippen LogP contribution in [0.25, 0.3) is 0 Å². The van der Waals surface area contributed by atoms with E-state index in [1.165, 1.54) is 0 Å².